The van der Waals surface area contributed by atoms with E-state index in [0.717, 1.165) is 24.8 Å². The Morgan fingerprint density at radius 3 is 2.62 bits per heavy atom. The Kier molecular flexibility index (Phi) is 4.62. The number of nitrogens with one attached hydrogen (secondary N) is 1. The van der Waals surface area contributed by atoms with E-state index in [0.29, 0.717) is 5.82 Å². The van der Waals surface area contributed by atoms with E-state index in [4.69, 9.17) is 0 Å². The first-order chi connectivity index (χ1) is 11.5. The Labute approximate surface area is 141 Å². The topological polar surface area (TPSA) is 92.9 Å². The second-order valence-electron chi connectivity index (χ2n) is 6.78. The van der Waals surface area contributed by atoms with Gasteiger partial charge in [-0.2, -0.15) is 4.80 Å². The molecule has 1 heterocycles. The van der Waals surface area contributed by atoms with E-state index < -0.39 is 11.6 Å². The molecule has 0 bridgehead atoms. The summed E-state index contributed by atoms with van der Waals surface area (Å²) in [5.74, 6) is 0.299. The third kappa shape index (κ3) is 3.46. The molecule has 0 aliphatic heterocycles. The lowest BCUT2D eigenvalue weighted by molar-refractivity contribution is -0.128. The van der Waals surface area contributed by atoms with Crippen LogP contribution in [0.3, 0.4) is 0 Å². The van der Waals surface area contributed by atoms with Gasteiger partial charge in [-0.15, -0.1) is 10.2 Å². The number of carbonyl (C=O) groups excluding carboxylic acids is 1. The molecule has 1 aliphatic rings. The maximum Gasteiger partial charge on any atom is 0.247 e. The molecule has 1 aromatic heterocycles. The summed E-state index contributed by atoms with van der Waals surface area (Å²) in [5, 5.41) is 25.5. The second-order valence-corrected chi connectivity index (χ2v) is 6.78. The van der Waals surface area contributed by atoms with Crippen LogP contribution in [0.2, 0.25) is 0 Å². The van der Waals surface area contributed by atoms with Gasteiger partial charge in [-0.25, -0.2) is 0 Å². The molecule has 7 nitrogen and oxygen atoms in total. The van der Waals surface area contributed by atoms with Crippen LogP contribution in [0.1, 0.15) is 39.2 Å². The summed E-state index contributed by atoms with van der Waals surface area (Å²) in [6, 6.07) is 8.97. The molecule has 1 aromatic carbocycles. The van der Waals surface area contributed by atoms with Crippen molar-refractivity contribution >= 4 is 5.91 Å². The lowest BCUT2D eigenvalue weighted by atomic mass is 9.80. The zero-order valence-corrected chi connectivity index (χ0v) is 14.0. The lowest BCUT2D eigenvalue weighted by Crippen LogP contribution is -2.49. The van der Waals surface area contributed by atoms with Crippen LogP contribution in [-0.2, 0) is 4.79 Å². The van der Waals surface area contributed by atoms with Crippen LogP contribution in [0.4, 0.5) is 0 Å². The van der Waals surface area contributed by atoms with Crippen molar-refractivity contribution in [1.82, 2.24) is 25.5 Å². The number of benzene rings is 1. The first-order valence-corrected chi connectivity index (χ1v) is 8.33. The second kappa shape index (κ2) is 6.68. The third-order valence-electron chi connectivity index (χ3n) is 4.49. The monoisotopic (exact) mass is 329 g/mol. The molecule has 128 valence electrons. The van der Waals surface area contributed by atoms with E-state index in [-0.39, 0.29) is 18.4 Å². The first-order valence-electron chi connectivity index (χ1n) is 8.33. The Morgan fingerprint density at radius 2 is 2.04 bits per heavy atom. The van der Waals surface area contributed by atoms with E-state index in [2.05, 4.69) is 20.7 Å². The maximum atomic E-state index is 12.6. The van der Waals surface area contributed by atoms with Gasteiger partial charge in [0, 0.05) is 12.1 Å². The minimum Gasteiger partial charge on any atom is -0.388 e. The minimum atomic E-state index is -0.748. The highest BCUT2D eigenvalue weighted by Gasteiger charge is 2.36. The molecule has 0 saturated heterocycles. The number of nitrogens with zero attached hydrogens (tertiary/aromatic N) is 4. The predicted octanol–water partition coefficient (Wildman–Crippen LogP) is 1.57. The summed E-state index contributed by atoms with van der Waals surface area (Å²) in [7, 11) is 0. The Hall–Kier alpha value is -2.28. The van der Waals surface area contributed by atoms with Crippen molar-refractivity contribution in [2.45, 2.75) is 44.8 Å². The summed E-state index contributed by atoms with van der Waals surface area (Å²) in [5.41, 5.74) is 0.109. The van der Waals surface area contributed by atoms with Gasteiger partial charge in [-0.3, -0.25) is 4.79 Å². The number of amides is 1. The molecule has 2 aromatic rings. The van der Waals surface area contributed by atoms with Crippen molar-refractivity contribution < 1.29 is 9.90 Å². The number of rotatable bonds is 6. The van der Waals surface area contributed by atoms with E-state index in [1.54, 1.807) is 0 Å². The Bertz CT molecular complexity index is 694. The van der Waals surface area contributed by atoms with Crippen molar-refractivity contribution in [3.63, 3.8) is 0 Å². The highest BCUT2D eigenvalue weighted by atomic mass is 16.3. The fraction of sp³-hybridized carbons (Fsp3) is 0.529. The summed E-state index contributed by atoms with van der Waals surface area (Å²) in [6.45, 7) is 4.15. The number of hydrogen-bond donors (Lipinski definition) is 2. The number of hydrogen-bond acceptors (Lipinski definition) is 5. The highest BCUT2D eigenvalue weighted by molar-refractivity contribution is 5.80. The largest absolute Gasteiger partial charge is 0.388 e. The smallest absolute Gasteiger partial charge is 0.247 e. The van der Waals surface area contributed by atoms with Crippen LogP contribution in [-0.4, -0.2) is 43.4 Å². The number of aliphatic hydroxyl groups is 1. The van der Waals surface area contributed by atoms with Crippen molar-refractivity contribution in [2.75, 3.05) is 6.54 Å². The van der Waals surface area contributed by atoms with Crippen molar-refractivity contribution in [3.05, 3.63) is 30.3 Å². The molecule has 1 amide bonds. The van der Waals surface area contributed by atoms with Crippen molar-refractivity contribution in [2.24, 2.45) is 5.92 Å². The van der Waals surface area contributed by atoms with E-state index in [1.165, 1.54) is 4.80 Å². The van der Waals surface area contributed by atoms with Gasteiger partial charge in [0.15, 0.2) is 6.04 Å². The minimum absolute atomic E-state index is 0.00106. The van der Waals surface area contributed by atoms with Crippen molar-refractivity contribution in [3.8, 4) is 11.4 Å². The molecule has 24 heavy (non-hydrogen) atoms. The number of aromatic nitrogens is 4. The van der Waals surface area contributed by atoms with Crippen LogP contribution >= 0.6 is 0 Å². The predicted molar refractivity (Wildman–Crippen MR) is 88.9 cm³/mol. The van der Waals surface area contributed by atoms with Gasteiger partial charge >= 0.3 is 0 Å². The van der Waals surface area contributed by atoms with Crippen LogP contribution in [0.15, 0.2) is 30.3 Å². The fourth-order valence-electron chi connectivity index (χ4n) is 2.84. The average Bonchev–Trinajstić information content (AvgIpc) is 3.01. The van der Waals surface area contributed by atoms with Crippen LogP contribution in [0.5, 0.6) is 0 Å². The summed E-state index contributed by atoms with van der Waals surface area (Å²) >= 11 is 0. The zero-order chi connectivity index (χ0) is 17.2. The zero-order valence-electron chi connectivity index (χ0n) is 14.0. The normalized spacial score (nSPS) is 17.3. The van der Waals surface area contributed by atoms with Crippen LogP contribution < -0.4 is 5.32 Å². The molecule has 7 heteroatoms. The lowest BCUT2D eigenvalue weighted by Gasteiger charge is -2.37. The maximum absolute atomic E-state index is 12.6. The summed E-state index contributed by atoms with van der Waals surface area (Å²) in [4.78, 5) is 13.9. The van der Waals surface area contributed by atoms with E-state index in [1.807, 2.05) is 44.2 Å². The van der Waals surface area contributed by atoms with Crippen LogP contribution in [0, 0.1) is 5.92 Å². The van der Waals surface area contributed by atoms with E-state index in [9.17, 15) is 9.90 Å². The average molecular weight is 329 g/mol. The molecule has 3 rings (SSSR count). The van der Waals surface area contributed by atoms with Crippen LogP contribution in [0.25, 0.3) is 11.4 Å². The molecule has 0 spiro atoms. The molecular weight excluding hydrogens is 306 g/mol. The molecule has 1 atom stereocenters. The Balaban J connectivity index is 1.73. The molecule has 1 saturated carbocycles. The third-order valence-corrected chi connectivity index (χ3v) is 4.49. The van der Waals surface area contributed by atoms with Gasteiger partial charge in [0.05, 0.1) is 5.60 Å². The van der Waals surface area contributed by atoms with Gasteiger partial charge in [-0.05, 0) is 30.4 Å². The van der Waals surface area contributed by atoms with Crippen molar-refractivity contribution in [1.29, 1.82) is 0 Å². The number of carbonyl (C=O) groups is 1. The van der Waals surface area contributed by atoms with E-state index >= 15 is 0 Å². The fourth-order valence-corrected chi connectivity index (χ4v) is 2.84. The standard InChI is InChI=1S/C17H23N5O2/c1-12(2)14(16(23)18-11-17(24)9-6-10-17)22-20-15(19-21-22)13-7-4-3-5-8-13/h3-5,7-8,12,14,24H,6,9-11H2,1-2H3,(H,18,23). The molecular formula is C17H23N5O2. The van der Waals surface area contributed by atoms with Gasteiger partial charge in [0.25, 0.3) is 0 Å². The number of tetrazole rings is 1. The molecule has 1 unspecified atom stereocenters. The van der Waals surface area contributed by atoms with Gasteiger partial charge in [0.2, 0.25) is 11.7 Å². The highest BCUT2D eigenvalue weighted by Crippen LogP contribution is 2.30. The Morgan fingerprint density at radius 1 is 1.33 bits per heavy atom. The first kappa shape index (κ1) is 16.6. The van der Waals surface area contributed by atoms with Gasteiger partial charge in [-0.1, -0.05) is 44.2 Å². The quantitative estimate of drug-likeness (QED) is 0.839. The molecule has 2 N–H and O–H groups in total. The molecule has 1 fully saturated rings. The molecule has 0 radical (unpaired) electrons. The molecule has 1 aliphatic carbocycles. The van der Waals surface area contributed by atoms with Gasteiger partial charge in [0.1, 0.15) is 0 Å². The van der Waals surface area contributed by atoms with Gasteiger partial charge < -0.3 is 10.4 Å². The summed E-state index contributed by atoms with van der Waals surface area (Å²) in [6.07, 6.45) is 2.48. The summed E-state index contributed by atoms with van der Waals surface area (Å²) < 4.78 is 0. The SMILES string of the molecule is CC(C)C(C(=O)NCC1(O)CCC1)n1nnc(-c2ccccc2)n1.